The van der Waals surface area contributed by atoms with E-state index in [2.05, 4.69) is 15.1 Å². The Bertz CT molecular complexity index is 742. The smallest absolute Gasteiger partial charge is 0.356 e. The van der Waals surface area contributed by atoms with Crippen LogP contribution < -0.4 is 0 Å². The van der Waals surface area contributed by atoms with E-state index in [9.17, 15) is 4.79 Å². The number of benzene rings is 1. The number of rotatable bonds is 5. The molecule has 0 saturated heterocycles. The minimum absolute atomic E-state index is 0.202. The van der Waals surface area contributed by atoms with Crippen molar-refractivity contribution in [2.45, 2.75) is 20.3 Å². The van der Waals surface area contributed by atoms with Crippen LogP contribution in [-0.4, -0.2) is 35.9 Å². The predicted molar refractivity (Wildman–Crippen MR) is 87.1 cm³/mol. The number of hydrogen-bond acceptors (Lipinski definition) is 6. The molecule has 6 heteroatoms. The van der Waals surface area contributed by atoms with Crippen LogP contribution in [0, 0.1) is 13.8 Å². The van der Waals surface area contributed by atoms with Crippen LogP contribution >= 0.6 is 0 Å². The number of carbonyl (C=O) groups excluding carboxylic acids is 1. The van der Waals surface area contributed by atoms with Gasteiger partial charge in [-0.15, -0.1) is 0 Å². The van der Waals surface area contributed by atoms with Crippen molar-refractivity contribution in [3.8, 4) is 11.4 Å². The summed E-state index contributed by atoms with van der Waals surface area (Å²) in [4.78, 5) is 25.2. The third-order valence-electron chi connectivity index (χ3n) is 3.40. The minimum atomic E-state index is -0.514. The molecular formula is C17H19N3O3. The molecule has 0 aliphatic carbocycles. The summed E-state index contributed by atoms with van der Waals surface area (Å²) in [5.41, 5.74) is 3.97. The summed E-state index contributed by atoms with van der Waals surface area (Å²) in [5.74, 6) is 0.137. The van der Waals surface area contributed by atoms with Crippen molar-refractivity contribution in [3.05, 3.63) is 47.3 Å². The lowest BCUT2D eigenvalue weighted by Gasteiger charge is -2.07. The summed E-state index contributed by atoms with van der Waals surface area (Å²) in [6.07, 6.45) is 2.11. The Morgan fingerprint density at radius 1 is 1.26 bits per heavy atom. The van der Waals surface area contributed by atoms with Crippen molar-refractivity contribution < 1.29 is 14.4 Å². The second-order valence-electron chi connectivity index (χ2n) is 5.05. The Labute approximate surface area is 135 Å². The van der Waals surface area contributed by atoms with E-state index in [1.807, 2.05) is 38.1 Å². The summed E-state index contributed by atoms with van der Waals surface area (Å²) in [5, 5.41) is 3.73. The van der Waals surface area contributed by atoms with E-state index in [1.54, 1.807) is 6.20 Å². The Hall–Kier alpha value is -2.76. The third-order valence-corrected chi connectivity index (χ3v) is 3.40. The van der Waals surface area contributed by atoms with Crippen LogP contribution in [0.5, 0.6) is 0 Å². The molecule has 1 aromatic heterocycles. The molecule has 0 radical (unpaired) electrons. The number of nitrogens with zero attached hydrogens (tertiary/aromatic N) is 3. The Kier molecular flexibility index (Phi) is 5.41. The van der Waals surface area contributed by atoms with Gasteiger partial charge in [0.05, 0.1) is 7.11 Å². The lowest BCUT2D eigenvalue weighted by Crippen LogP contribution is -2.18. The molecule has 0 bridgehead atoms. The van der Waals surface area contributed by atoms with E-state index in [4.69, 9.17) is 9.57 Å². The number of hydrogen-bond donors (Lipinski definition) is 0. The first-order valence-corrected chi connectivity index (χ1v) is 7.13. The largest absolute Gasteiger partial charge is 0.464 e. The van der Waals surface area contributed by atoms with Crippen molar-refractivity contribution in [1.82, 2.24) is 9.97 Å². The van der Waals surface area contributed by atoms with Crippen LogP contribution in [0.25, 0.3) is 11.4 Å². The van der Waals surface area contributed by atoms with Crippen molar-refractivity contribution in [2.24, 2.45) is 5.16 Å². The topological polar surface area (TPSA) is 73.7 Å². The lowest BCUT2D eigenvalue weighted by atomic mass is 10.0. The van der Waals surface area contributed by atoms with Gasteiger partial charge in [-0.3, -0.25) is 0 Å². The molecule has 1 heterocycles. The van der Waals surface area contributed by atoms with Gasteiger partial charge in [-0.1, -0.05) is 23.4 Å². The number of methoxy groups -OCH3 is 1. The van der Waals surface area contributed by atoms with E-state index in [0.29, 0.717) is 12.2 Å². The Morgan fingerprint density at radius 2 is 2.04 bits per heavy atom. The molecule has 2 rings (SSSR count). The number of esters is 1. The van der Waals surface area contributed by atoms with Gasteiger partial charge < -0.3 is 9.57 Å². The maximum Gasteiger partial charge on any atom is 0.356 e. The molecule has 0 saturated carbocycles. The molecule has 120 valence electrons. The molecule has 1 aromatic carbocycles. The van der Waals surface area contributed by atoms with Gasteiger partial charge in [0.15, 0.2) is 11.5 Å². The van der Waals surface area contributed by atoms with E-state index in [1.165, 1.54) is 14.2 Å². The average molecular weight is 313 g/mol. The number of carbonyl (C=O) groups is 1. The third kappa shape index (κ3) is 4.12. The fraction of sp³-hybridized carbons (Fsp3) is 0.294. The summed E-state index contributed by atoms with van der Waals surface area (Å²) >= 11 is 0. The highest BCUT2D eigenvalue weighted by Gasteiger charge is 2.14. The van der Waals surface area contributed by atoms with E-state index in [0.717, 1.165) is 22.4 Å². The number of aromatic nitrogens is 2. The Morgan fingerprint density at radius 3 is 2.70 bits per heavy atom. The standard InChI is InChI=1S/C17H19N3O3/c1-11-10-18-16(19-12(11)2)14-7-5-6-13(8-14)9-15(20-23-4)17(21)22-3/h5-8,10H,9H2,1-4H3/b20-15-. The zero-order valence-corrected chi connectivity index (χ0v) is 13.7. The molecule has 2 aromatic rings. The molecule has 0 amide bonds. The number of aryl methyl sites for hydroxylation is 2. The minimum Gasteiger partial charge on any atom is -0.464 e. The van der Waals surface area contributed by atoms with Crippen LogP contribution in [0.15, 0.2) is 35.6 Å². The van der Waals surface area contributed by atoms with Crippen LogP contribution in [0.1, 0.15) is 16.8 Å². The van der Waals surface area contributed by atoms with Gasteiger partial charge in [0.1, 0.15) is 7.11 Å². The van der Waals surface area contributed by atoms with Crippen LogP contribution in [0.2, 0.25) is 0 Å². The summed E-state index contributed by atoms with van der Waals surface area (Å²) in [6, 6.07) is 7.65. The molecule has 0 atom stereocenters. The molecule has 6 nitrogen and oxygen atoms in total. The molecule has 0 N–H and O–H groups in total. The predicted octanol–water partition coefficient (Wildman–Crippen LogP) is 2.48. The van der Waals surface area contributed by atoms with E-state index >= 15 is 0 Å². The fourth-order valence-corrected chi connectivity index (χ4v) is 2.05. The second kappa shape index (κ2) is 7.49. The SMILES string of the molecule is CO/N=C(/Cc1cccc(-c2ncc(C)c(C)n2)c1)C(=O)OC. The maximum absolute atomic E-state index is 11.7. The fourth-order valence-electron chi connectivity index (χ4n) is 2.05. The highest BCUT2D eigenvalue weighted by atomic mass is 16.6. The lowest BCUT2D eigenvalue weighted by molar-refractivity contribution is -0.133. The zero-order valence-electron chi connectivity index (χ0n) is 13.7. The molecule has 0 spiro atoms. The molecule has 0 aliphatic rings. The van der Waals surface area contributed by atoms with Crippen LogP contribution in [0.4, 0.5) is 0 Å². The number of oxime groups is 1. The average Bonchev–Trinajstić information content (AvgIpc) is 2.56. The van der Waals surface area contributed by atoms with E-state index in [-0.39, 0.29) is 5.71 Å². The van der Waals surface area contributed by atoms with Gasteiger partial charge in [-0.2, -0.15) is 0 Å². The first-order chi connectivity index (χ1) is 11.0. The number of ether oxygens (including phenoxy) is 1. The first kappa shape index (κ1) is 16.6. The summed E-state index contributed by atoms with van der Waals surface area (Å²) in [6.45, 7) is 3.92. The van der Waals surface area contributed by atoms with Gasteiger partial charge in [-0.25, -0.2) is 14.8 Å². The quantitative estimate of drug-likeness (QED) is 0.481. The van der Waals surface area contributed by atoms with Gasteiger partial charge in [0.25, 0.3) is 0 Å². The van der Waals surface area contributed by atoms with Crippen LogP contribution in [-0.2, 0) is 20.8 Å². The van der Waals surface area contributed by atoms with Gasteiger partial charge in [-0.05, 0) is 31.0 Å². The summed E-state index contributed by atoms with van der Waals surface area (Å²) in [7, 11) is 2.70. The van der Waals surface area contributed by atoms with Crippen molar-refractivity contribution in [2.75, 3.05) is 14.2 Å². The highest BCUT2D eigenvalue weighted by molar-refractivity contribution is 6.36. The Balaban J connectivity index is 2.30. The molecule has 0 unspecified atom stereocenters. The first-order valence-electron chi connectivity index (χ1n) is 7.13. The van der Waals surface area contributed by atoms with E-state index < -0.39 is 5.97 Å². The molecule has 23 heavy (non-hydrogen) atoms. The molecule has 0 fully saturated rings. The van der Waals surface area contributed by atoms with Gasteiger partial charge in [0, 0.05) is 23.9 Å². The van der Waals surface area contributed by atoms with Crippen LogP contribution in [0.3, 0.4) is 0 Å². The van der Waals surface area contributed by atoms with Crippen molar-refractivity contribution in [3.63, 3.8) is 0 Å². The highest BCUT2D eigenvalue weighted by Crippen LogP contribution is 2.18. The van der Waals surface area contributed by atoms with Crippen molar-refractivity contribution in [1.29, 1.82) is 0 Å². The normalized spacial score (nSPS) is 11.2. The zero-order chi connectivity index (χ0) is 16.8. The maximum atomic E-state index is 11.7. The summed E-state index contributed by atoms with van der Waals surface area (Å²) < 4.78 is 4.71. The van der Waals surface area contributed by atoms with Crippen molar-refractivity contribution >= 4 is 11.7 Å². The molecular weight excluding hydrogens is 294 g/mol. The molecule has 0 aliphatic heterocycles. The second-order valence-corrected chi connectivity index (χ2v) is 5.05. The van der Waals surface area contributed by atoms with Gasteiger partial charge >= 0.3 is 5.97 Å². The monoisotopic (exact) mass is 313 g/mol. The van der Waals surface area contributed by atoms with Gasteiger partial charge in [0.2, 0.25) is 0 Å².